The summed E-state index contributed by atoms with van der Waals surface area (Å²) in [5.41, 5.74) is 7.01. The fourth-order valence-corrected chi connectivity index (χ4v) is 2.23. The number of amides is 1. The molecule has 96 valence electrons. The average Bonchev–Trinajstić information content (AvgIpc) is 2.79. The van der Waals surface area contributed by atoms with Crippen molar-refractivity contribution in [1.29, 1.82) is 0 Å². The largest absolute Gasteiger partial charge is 0.444 e. The summed E-state index contributed by atoms with van der Waals surface area (Å²) in [4.78, 5) is 20.6. The van der Waals surface area contributed by atoms with Crippen molar-refractivity contribution >= 4 is 22.4 Å². The van der Waals surface area contributed by atoms with E-state index in [1.165, 1.54) is 11.3 Å². The summed E-state index contributed by atoms with van der Waals surface area (Å²) < 4.78 is 5.37. The Morgan fingerprint density at radius 3 is 2.56 bits per heavy atom. The minimum Gasteiger partial charge on any atom is -0.444 e. The zero-order valence-corrected chi connectivity index (χ0v) is 11.2. The summed E-state index contributed by atoms with van der Waals surface area (Å²) in [5.74, 6) is 1.04. The highest BCUT2D eigenvalue weighted by Gasteiger charge is 2.15. The van der Waals surface area contributed by atoms with E-state index in [1.807, 2.05) is 13.8 Å². The minimum absolute atomic E-state index is 0.213. The van der Waals surface area contributed by atoms with Crippen molar-refractivity contribution in [2.24, 2.45) is 0 Å². The van der Waals surface area contributed by atoms with E-state index in [4.69, 9.17) is 10.2 Å². The van der Waals surface area contributed by atoms with E-state index in [2.05, 4.69) is 15.3 Å². The Morgan fingerprint density at radius 1 is 1.33 bits per heavy atom. The van der Waals surface area contributed by atoms with Crippen molar-refractivity contribution in [3.8, 4) is 0 Å². The van der Waals surface area contributed by atoms with Gasteiger partial charge in [0.05, 0.1) is 17.9 Å². The van der Waals surface area contributed by atoms with Crippen molar-refractivity contribution in [1.82, 2.24) is 15.3 Å². The first-order valence-corrected chi connectivity index (χ1v) is 6.23. The molecule has 0 atom stereocenters. The Hall–Kier alpha value is -1.89. The molecule has 0 unspecified atom stereocenters. The van der Waals surface area contributed by atoms with Crippen LogP contribution in [0.4, 0.5) is 5.13 Å². The van der Waals surface area contributed by atoms with Gasteiger partial charge < -0.3 is 15.5 Å². The molecule has 0 aliphatic carbocycles. The third kappa shape index (κ3) is 2.51. The van der Waals surface area contributed by atoms with Gasteiger partial charge in [-0.25, -0.2) is 9.97 Å². The van der Waals surface area contributed by atoms with Crippen molar-refractivity contribution in [2.45, 2.75) is 27.3 Å². The van der Waals surface area contributed by atoms with Crippen LogP contribution in [0.1, 0.15) is 32.7 Å². The van der Waals surface area contributed by atoms with E-state index in [0.29, 0.717) is 21.6 Å². The van der Waals surface area contributed by atoms with Crippen molar-refractivity contribution < 1.29 is 9.21 Å². The van der Waals surface area contributed by atoms with E-state index in [0.717, 1.165) is 11.5 Å². The van der Waals surface area contributed by atoms with Crippen LogP contribution in [0, 0.1) is 20.8 Å². The summed E-state index contributed by atoms with van der Waals surface area (Å²) in [6.07, 6.45) is 0. The lowest BCUT2D eigenvalue weighted by Gasteiger charge is -2.00. The second-order valence-electron chi connectivity index (χ2n) is 3.90. The van der Waals surface area contributed by atoms with Gasteiger partial charge in [-0.15, -0.1) is 0 Å². The molecule has 0 radical (unpaired) electrons. The number of thiazole rings is 1. The van der Waals surface area contributed by atoms with Gasteiger partial charge in [-0.3, -0.25) is 4.79 Å². The first-order valence-electron chi connectivity index (χ1n) is 5.41. The van der Waals surface area contributed by atoms with Crippen LogP contribution in [0.2, 0.25) is 0 Å². The summed E-state index contributed by atoms with van der Waals surface area (Å²) in [5, 5.41) is 3.12. The van der Waals surface area contributed by atoms with Crippen LogP contribution in [0.3, 0.4) is 0 Å². The number of nitrogens with zero attached hydrogens (tertiary/aromatic N) is 2. The molecular formula is C11H14N4O2S. The first kappa shape index (κ1) is 12.6. The third-order valence-electron chi connectivity index (χ3n) is 2.49. The standard InChI is InChI=1S/C11H14N4O2S/c1-5-7(3)17-8(14-5)4-13-10(16)9-6(2)15-11(12)18-9/h4H2,1-3H3,(H2,12,15)(H,13,16). The number of carbonyl (C=O) groups is 1. The van der Waals surface area contributed by atoms with Crippen molar-refractivity contribution in [2.75, 3.05) is 5.73 Å². The zero-order chi connectivity index (χ0) is 13.3. The lowest BCUT2D eigenvalue weighted by Crippen LogP contribution is -2.22. The smallest absolute Gasteiger partial charge is 0.263 e. The monoisotopic (exact) mass is 266 g/mol. The van der Waals surface area contributed by atoms with Crippen molar-refractivity contribution in [3.05, 3.63) is 27.9 Å². The quantitative estimate of drug-likeness (QED) is 0.879. The van der Waals surface area contributed by atoms with Gasteiger partial charge in [0.1, 0.15) is 10.6 Å². The molecule has 0 saturated carbocycles. The normalized spacial score (nSPS) is 10.6. The topological polar surface area (TPSA) is 94.0 Å². The van der Waals surface area contributed by atoms with Crippen molar-refractivity contribution in [3.63, 3.8) is 0 Å². The summed E-state index contributed by atoms with van der Waals surface area (Å²) in [6, 6.07) is 0. The van der Waals surface area contributed by atoms with Crippen LogP contribution in [-0.4, -0.2) is 15.9 Å². The van der Waals surface area contributed by atoms with Crippen LogP contribution in [0.15, 0.2) is 4.42 Å². The predicted octanol–water partition coefficient (Wildman–Crippen LogP) is 1.57. The maximum Gasteiger partial charge on any atom is 0.263 e. The number of aromatic nitrogens is 2. The second kappa shape index (κ2) is 4.77. The second-order valence-corrected chi connectivity index (χ2v) is 4.93. The van der Waals surface area contributed by atoms with Crippen LogP contribution in [0.25, 0.3) is 0 Å². The van der Waals surface area contributed by atoms with E-state index in [9.17, 15) is 4.79 Å². The number of nitrogen functional groups attached to an aromatic ring is 1. The number of hydrogen-bond acceptors (Lipinski definition) is 6. The van der Waals surface area contributed by atoms with Gasteiger partial charge in [-0.2, -0.15) is 0 Å². The van der Waals surface area contributed by atoms with E-state index < -0.39 is 0 Å². The summed E-state index contributed by atoms with van der Waals surface area (Å²) in [7, 11) is 0. The summed E-state index contributed by atoms with van der Waals surface area (Å²) in [6.45, 7) is 5.70. The van der Waals surface area contributed by atoms with E-state index in [-0.39, 0.29) is 12.5 Å². The molecule has 0 aromatic carbocycles. The number of carbonyl (C=O) groups excluding carboxylic acids is 1. The maximum atomic E-state index is 11.9. The molecular weight excluding hydrogens is 252 g/mol. The molecule has 0 fully saturated rings. The molecule has 2 rings (SSSR count). The number of nitrogens with one attached hydrogen (secondary N) is 1. The molecule has 0 spiro atoms. The van der Waals surface area contributed by atoms with Crippen LogP contribution in [0.5, 0.6) is 0 Å². The van der Waals surface area contributed by atoms with Gasteiger partial charge >= 0.3 is 0 Å². The maximum absolute atomic E-state index is 11.9. The van der Waals surface area contributed by atoms with E-state index in [1.54, 1.807) is 6.92 Å². The van der Waals surface area contributed by atoms with Crippen LogP contribution in [-0.2, 0) is 6.54 Å². The average molecular weight is 266 g/mol. The SMILES string of the molecule is Cc1nc(CNC(=O)c2sc(N)nc2C)oc1C. The van der Waals surface area contributed by atoms with Gasteiger partial charge in [0.15, 0.2) is 5.13 Å². The highest BCUT2D eigenvalue weighted by Crippen LogP contribution is 2.19. The van der Waals surface area contributed by atoms with E-state index >= 15 is 0 Å². The number of nitrogens with two attached hydrogens (primary N) is 1. The molecule has 2 aromatic rings. The Morgan fingerprint density at radius 2 is 2.06 bits per heavy atom. The summed E-state index contributed by atoms with van der Waals surface area (Å²) >= 11 is 1.17. The lowest BCUT2D eigenvalue weighted by molar-refractivity contribution is 0.0950. The van der Waals surface area contributed by atoms with Crippen LogP contribution < -0.4 is 11.1 Å². The number of aryl methyl sites for hydroxylation is 3. The molecule has 6 nitrogen and oxygen atoms in total. The third-order valence-corrected chi connectivity index (χ3v) is 3.48. The van der Waals surface area contributed by atoms with Gasteiger partial charge in [-0.05, 0) is 20.8 Å². The molecule has 0 saturated heterocycles. The Bertz CT molecular complexity index is 568. The predicted molar refractivity (Wildman–Crippen MR) is 68.4 cm³/mol. The Labute approximate surface area is 108 Å². The molecule has 1 amide bonds. The molecule has 0 aliphatic heterocycles. The first-order chi connectivity index (χ1) is 8.47. The molecule has 3 N–H and O–H groups in total. The molecule has 2 heterocycles. The lowest BCUT2D eigenvalue weighted by atomic mass is 10.4. The number of hydrogen-bond donors (Lipinski definition) is 2. The number of oxazole rings is 1. The van der Waals surface area contributed by atoms with Gasteiger partial charge in [-0.1, -0.05) is 11.3 Å². The molecule has 0 aliphatic rings. The Kier molecular flexibility index (Phi) is 3.33. The minimum atomic E-state index is -0.213. The molecule has 0 bridgehead atoms. The fourth-order valence-electron chi connectivity index (χ4n) is 1.48. The molecule has 7 heteroatoms. The number of anilines is 1. The van der Waals surface area contributed by atoms with Gasteiger partial charge in [0.25, 0.3) is 5.91 Å². The fraction of sp³-hybridized carbons (Fsp3) is 0.364. The van der Waals surface area contributed by atoms with Crippen LogP contribution >= 0.6 is 11.3 Å². The molecule has 18 heavy (non-hydrogen) atoms. The Balaban J connectivity index is 2.02. The highest BCUT2D eigenvalue weighted by molar-refractivity contribution is 7.17. The van der Waals surface area contributed by atoms with Gasteiger partial charge in [0, 0.05) is 0 Å². The highest BCUT2D eigenvalue weighted by atomic mass is 32.1. The molecule has 2 aromatic heterocycles. The zero-order valence-electron chi connectivity index (χ0n) is 10.4. The van der Waals surface area contributed by atoms with Gasteiger partial charge in [0.2, 0.25) is 5.89 Å². The number of rotatable bonds is 3.